The minimum Gasteiger partial charge on any atom is -0.370 e. The molecule has 0 aromatic carbocycles. The molecule has 0 spiro atoms. The maximum atomic E-state index is 10.8. The lowest BCUT2D eigenvalue weighted by molar-refractivity contribution is -0.139. The van der Waals surface area contributed by atoms with Crippen molar-refractivity contribution in [3.63, 3.8) is 0 Å². The van der Waals surface area contributed by atoms with Crippen molar-refractivity contribution in [1.29, 1.82) is 0 Å². The summed E-state index contributed by atoms with van der Waals surface area (Å²) in [5.74, 6) is -0.00347. The van der Waals surface area contributed by atoms with Crippen molar-refractivity contribution in [2.45, 2.75) is 0 Å². The van der Waals surface area contributed by atoms with Gasteiger partial charge in [0.25, 0.3) is 5.91 Å². The summed E-state index contributed by atoms with van der Waals surface area (Å²) in [7, 11) is 0. The van der Waals surface area contributed by atoms with Gasteiger partial charge in [-0.3, -0.25) is 4.79 Å². The van der Waals surface area contributed by atoms with Crippen molar-refractivity contribution >= 4 is 5.91 Å². The molecule has 9 heavy (non-hydrogen) atoms. The molecular weight excluding hydrogens is 118 g/mol. The molecule has 0 bridgehead atoms. The fourth-order valence-electron chi connectivity index (χ4n) is 0.723. The van der Waals surface area contributed by atoms with E-state index in [9.17, 15) is 4.79 Å². The van der Waals surface area contributed by atoms with Gasteiger partial charge >= 0.3 is 0 Å². The van der Waals surface area contributed by atoms with Crippen LogP contribution >= 0.6 is 0 Å². The first-order valence-corrected chi connectivity index (χ1v) is 2.84. The van der Waals surface area contributed by atoms with Crippen LogP contribution in [0.1, 0.15) is 0 Å². The number of amides is 1. The van der Waals surface area contributed by atoms with Crippen LogP contribution in [0.3, 0.4) is 0 Å². The highest BCUT2D eigenvalue weighted by Crippen LogP contribution is 1.97. The average molecular weight is 127 g/mol. The summed E-state index contributed by atoms with van der Waals surface area (Å²) in [6, 6.07) is 0. The number of hydrogen-bond acceptors (Lipinski definition) is 2. The molecule has 3 nitrogen and oxygen atoms in total. The molecule has 1 aliphatic heterocycles. The van der Waals surface area contributed by atoms with Gasteiger partial charge in [0.2, 0.25) is 0 Å². The summed E-state index contributed by atoms with van der Waals surface area (Å²) in [5, 5.41) is 0. The van der Waals surface area contributed by atoms with Crippen molar-refractivity contribution in [2.75, 3.05) is 19.8 Å². The van der Waals surface area contributed by atoms with Crippen molar-refractivity contribution in [3.8, 4) is 0 Å². The Morgan fingerprint density at radius 3 is 3.00 bits per heavy atom. The van der Waals surface area contributed by atoms with E-state index in [2.05, 4.69) is 6.58 Å². The van der Waals surface area contributed by atoms with Gasteiger partial charge < -0.3 is 9.64 Å². The first kappa shape index (κ1) is 6.29. The van der Waals surface area contributed by atoms with E-state index >= 15 is 0 Å². The Bertz CT molecular complexity index is 133. The first-order valence-electron chi connectivity index (χ1n) is 2.84. The van der Waals surface area contributed by atoms with E-state index in [4.69, 9.17) is 4.74 Å². The third-order valence-electron chi connectivity index (χ3n) is 1.24. The van der Waals surface area contributed by atoms with E-state index in [0.29, 0.717) is 13.2 Å². The number of carbonyl (C=O) groups excluding carboxylic acids is 1. The summed E-state index contributed by atoms with van der Waals surface area (Å²) in [5.41, 5.74) is 0. The van der Waals surface area contributed by atoms with Crippen LogP contribution in [0, 0.1) is 0 Å². The lowest BCUT2D eigenvalue weighted by Crippen LogP contribution is -2.37. The normalized spacial score (nSPS) is 20.0. The molecule has 1 heterocycles. The van der Waals surface area contributed by atoms with Crippen LogP contribution in [0.2, 0.25) is 0 Å². The molecule has 1 aliphatic rings. The highest BCUT2D eigenvalue weighted by atomic mass is 16.5. The van der Waals surface area contributed by atoms with Crippen molar-refractivity contribution < 1.29 is 9.53 Å². The standard InChI is InChI=1S/C6H9NO2/c1-2-7-3-4-9-5-6(7)8/h2H,1,3-5H2. The second-order valence-electron chi connectivity index (χ2n) is 1.82. The average Bonchev–Trinajstić information content (AvgIpc) is 1.89. The molecule has 50 valence electrons. The molecule has 0 unspecified atom stereocenters. The summed E-state index contributed by atoms with van der Waals surface area (Å²) >= 11 is 0. The Morgan fingerprint density at radius 1 is 1.78 bits per heavy atom. The van der Waals surface area contributed by atoms with Crippen LogP contribution in [-0.4, -0.2) is 30.6 Å². The van der Waals surface area contributed by atoms with E-state index < -0.39 is 0 Å². The van der Waals surface area contributed by atoms with Gasteiger partial charge in [-0.05, 0) is 6.20 Å². The lowest BCUT2D eigenvalue weighted by atomic mass is 10.4. The third kappa shape index (κ3) is 1.29. The van der Waals surface area contributed by atoms with Crippen LogP contribution in [-0.2, 0) is 9.53 Å². The van der Waals surface area contributed by atoms with Gasteiger partial charge in [0.05, 0.1) is 6.61 Å². The van der Waals surface area contributed by atoms with Crippen LogP contribution in [0.15, 0.2) is 12.8 Å². The second kappa shape index (κ2) is 2.64. The van der Waals surface area contributed by atoms with Crippen molar-refractivity contribution in [2.24, 2.45) is 0 Å². The molecule has 0 atom stereocenters. The molecule has 0 N–H and O–H groups in total. The van der Waals surface area contributed by atoms with Gasteiger partial charge in [-0.2, -0.15) is 0 Å². The summed E-state index contributed by atoms with van der Waals surface area (Å²) in [6.07, 6.45) is 1.53. The summed E-state index contributed by atoms with van der Waals surface area (Å²) < 4.78 is 4.87. The molecule has 0 aromatic heterocycles. The smallest absolute Gasteiger partial charge is 0.252 e. The van der Waals surface area contributed by atoms with Gasteiger partial charge in [-0.1, -0.05) is 6.58 Å². The zero-order valence-corrected chi connectivity index (χ0v) is 5.17. The summed E-state index contributed by atoms with van der Waals surface area (Å²) in [6.45, 7) is 4.95. The fraction of sp³-hybridized carbons (Fsp3) is 0.500. The number of rotatable bonds is 1. The van der Waals surface area contributed by atoms with Gasteiger partial charge in [-0.25, -0.2) is 0 Å². The number of morpholine rings is 1. The fourth-order valence-corrected chi connectivity index (χ4v) is 0.723. The Labute approximate surface area is 53.9 Å². The van der Waals surface area contributed by atoms with Crippen LogP contribution in [0.5, 0.6) is 0 Å². The highest BCUT2D eigenvalue weighted by molar-refractivity contribution is 5.78. The number of nitrogens with zero attached hydrogens (tertiary/aromatic N) is 1. The Morgan fingerprint density at radius 2 is 2.56 bits per heavy atom. The highest BCUT2D eigenvalue weighted by Gasteiger charge is 2.14. The van der Waals surface area contributed by atoms with Crippen LogP contribution in [0.25, 0.3) is 0 Å². The summed E-state index contributed by atoms with van der Waals surface area (Å²) in [4.78, 5) is 12.3. The predicted molar refractivity (Wildman–Crippen MR) is 32.7 cm³/mol. The first-order chi connectivity index (χ1) is 4.34. The Hall–Kier alpha value is -0.830. The van der Waals surface area contributed by atoms with E-state index in [0.717, 1.165) is 0 Å². The molecular formula is C6H9NO2. The molecule has 0 aromatic rings. The zero-order chi connectivity index (χ0) is 6.69. The van der Waals surface area contributed by atoms with Gasteiger partial charge in [0.15, 0.2) is 0 Å². The SMILES string of the molecule is C=CN1CCOCC1=O. The molecule has 0 radical (unpaired) electrons. The van der Waals surface area contributed by atoms with E-state index in [1.807, 2.05) is 0 Å². The van der Waals surface area contributed by atoms with Crippen molar-refractivity contribution in [1.82, 2.24) is 4.90 Å². The zero-order valence-electron chi connectivity index (χ0n) is 5.17. The molecule has 3 heteroatoms. The van der Waals surface area contributed by atoms with Gasteiger partial charge in [-0.15, -0.1) is 0 Å². The molecule has 0 saturated carbocycles. The topological polar surface area (TPSA) is 29.5 Å². The maximum Gasteiger partial charge on any atom is 0.252 e. The van der Waals surface area contributed by atoms with Crippen LogP contribution < -0.4 is 0 Å². The molecule has 1 fully saturated rings. The Kier molecular flexibility index (Phi) is 1.85. The minimum atomic E-state index is -0.00347. The number of carbonyl (C=O) groups is 1. The van der Waals surface area contributed by atoms with Crippen molar-refractivity contribution in [3.05, 3.63) is 12.8 Å². The molecule has 0 aliphatic carbocycles. The van der Waals surface area contributed by atoms with Gasteiger partial charge in [0.1, 0.15) is 6.61 Å². The van der Waals surface area contributed by atoms with E-state index in [1.54, 1.807) is 4.90 Å². The molecule has 1 amide bonds. The number of ether oxygens (including phenoxy) is 1. The second-order valence-corrected chi connectivity index (χ2v) is 1.82. The minimum absolute atomic E-state index is 0.00347. The quantitative estimate of drug-likeness (QED) is 0.495. The lowest BCUT2D eigenvalue weighted by Gasteiger charge is -2.22. The molecule has 1 saturated heterocycles. The van der Waals surface area contributed by atoms with E-state index in [1.165, 1.54) is 6.20 Å². The number of hydrogen-bond donors (Lipinski definition) is 0. The Balaban J connectivity index is 2.48. The molecule has 1 rings (SSSR count). The monoisotopic (exact) mass is 127 g/mol. The maximum absolute atomic E-state index is 10.8. The van der Waals surface area contributed by atoms with Crippen LogP contribution in [0.4, 0.5) is 0 Å². The largest absolute Gasteiger partial charge is 0.370 e. The predicted octanol–water partition coefficient (Wildman–Crippen LogP) is -0.0113. The third-order valence-corrected chi connectivity index (χ3v) is 1.24. The van der Waals surface area contributed by atoms with E-state index in [-0.39, 0.29) is 12.5 Å². The van der Waals surface area contributed by atoms with Gasteiger partial charge in [0, 0.05) is 6.54 Å².